The maximum Gasteiger partial charge on any atom is 0.412 e. The van der Waals surface area contributed by atoms with Gasteiger partial charge in [-0.05, 0) is 12.8 Å². The molecule has 2 rings (SSSR count). The molecule has 2 heterocycles. The lowest BCUT2D eigenvalue weighted by molar-refractivity contribution is -0.0355. The van der Waals surface area contributed by atoms with Crippen molar-refractivity contribution < 1.29 is 28.9 Å². The van der Waals surface area contributed by atoms with Crippen LogP contribution in [0.25, 0.3) is 0 Å². The van der Waals surface area contributed by atoms with Gasteiger partial charge in [-0.15, -0.1) is 0 Å². The highest BCUT2D eigenvalue weighted by Crippen LogP contribution is 2.28. The number of aliphatic hydroxyl groups excluding tert-OH is 2. The van der Waals surface area contributed by atoms with Crippen LogP contribution in [-0.4, -0.2) is 50.8 Å². The highest BCUT2D eigenvalue weighted by Gasteiger charge is 2.42. The van der Waals surface area contributed by atoms with Crippen molar-refractivity contribution in [3.05, 3.63) is 22.5 Å². The number of halogens is 1. The molecule has 0 bridgehead atoms. The van der Waals surface area contributed by atoms with Crippen LogP contribution >= 0.6 is 0 Å². The molecule has 0 saturated carbocycles. The lowest BCUT2D eigenvalue weighted by atomic mass is 10.1. The second-order valence-corrected chi connectivity index (χ2v) is 6.08. The Morgan fingerprint density at radius 3 is 2.59 bits per heavy atom. The van der Waals surface area contributed by atoms with Crippen LogP contribution in [0.1, 0.15) is 47.3 Å². The van der Waals surface area contributed by atoms with Gasteiger partial charge in [0.05, 0.1) is 18.9 Å². The minimum Gasteiger partial charge on any atom is -0.449 e. The van der Waals surface area contributed by atoms with Crippen molar-refractivity contribution in [2.75, 3.05) is 11.9 Å². The highest BCUT2D eigenvalue weighted by atomic mass is 19.1. The fourth-order valence-electron chi connectivity index (χ4n) is 2.24. The summed E-state index contributed by atoms with van der Waals surface area (Å²) >= 11 is 0. The molecular formula is C17H28FN3O6. The molecule has 0 aromatic carbocycles. The Morgan fingerprint density at radius 2 is 2.07 bits per heavy atom. The highest BCUT2D eigenvalue weighted by molar-refractivity contribution is 5.83. The number of aliphatic hydroxyl groups is 2. The Bertz CT molecular complexity index is 683. The average Bonchev–Trinajstić information content (AvgIpc) is 2.91. The van der Waals surface area contributed by atoms with Gasteiger partial charge in [0.15, 0.2) is 17.9 Å². The Balaban J connectivity index is 0.00000176. The predicted molar refractivity (Wildman–Crippen MR) is 95.8 cm³/mol. The minimum absolute atomic E-state index is 0.144. The number of carbonyl (C=O) groups is 1. The summed E-state index contributed by atoms with van der Waals surface area (Å²) in [6.07, 6.45) is -4.00. The monoisotopic (exact) mass is 389 g/mol. The topological polar surface area (TPSA) is 123 Å². The molecule has 0 spiro atoms. The lowest BCUT2D eigenvalue weighted by Gasteiger charge is -2.17. The number of amides is 1. The molecule has 5 atom stereocenters. The molecule has 1 aromatic heterocycles. The number of ether oxygens (including phenoxy) is 2. The van der Waals surface area contributed by atoms with Crippen LogP contribution in [0.5, 0.6) is 0 Å². The molecule has 154 valence electrons. The molecule has 3 N–H and O–H groups in total. The van der Waals surface area contributed by atoms with Crippen molar-refractivity contribution in [2.24, 2.45) is 5.92 Å². The molecular weight excluding hydrogens is 361 g/mol. The van der Waals surface area contributed by atoms with Gasteiger partial charge in [0.25, 0.3) is 0 Å². The molecule has 0 aliphatic carbocycles. The summed E-state index contributed by atoms with van der Waals surface area (Å²) < 4.78 is 25.0. The third-order valence-electron chi connectivity index (χ3n) is 4.07. The van der Waals surface area contributed by atoms with Crippen LogP contribution in [0.4, 0.5) is 15.0 Å². The van der Waals surface area contributed by atoms with Crippen LogP contribution in [-0.2, 0) is 9.47 Å². The smallest absolute Gasteiger partial charge is 0.412 e. The van der Waals surface area contributed by atoms with Crippen LogP contribution in [0.15, 0.2) is 11.0 Å². The van der Waals surface area contributed by atoms with E-state index in [4.69, 9.17) is 9.47 Å². The molecule has 1 saturated heterocycles. The second kappa shape index (κ2) is 10.3. The molecule has 1 aliphatic rings. The van der Waals surface area contributed by atoms with E-state index >= 15 is 0 Å². The molecule has 10 heteroatoms. The van der Waals surface area contributed by atoms with Gasteiger partial charge in [-0.1, -0.05) is 34.1 Å². The van der Waals surface area contributed by atoms with E-state index < -0.39 is 48.0 Å². The quantitative estimate of drug-likeness (QED) is 0.699. The number of hydrogen-bond acceptors (Lipinski definition) is 7. The van der Waals surface area contributed by atoms with E-state index in [1.54, 1.807) is 0 Å². The number of rotatable bonds is 5. The van der Waals surface area contributed by atoms with Crippen LogP contribution in [0, 0.1) is 11.7 Å². The summed E-state index contributed by atoms with van der Waals surface area (Å²) in [5, 5.41) is 21.6. The first-order valence-corrected chi connectivity index (χ1v) is 8.98. The largest absolute Gasteiger partial charge is 0.449 e. The molecule has 9 nitrogen and oxygen atoms in total. The van der Waals surface area contributed by atoms with Crippen molar-refractivity contribution in [2.45, 2.75) is 65.6 Å². The van der Waals surface area contributed by atoms with Crippen LogP contribution < -0.4 is 11.0 Å². The van der Waals surface area contributed by atoms with E-state index in [1.165, 1.54) is 6.92 Å². The molecule has 27 heavy (non-hydrogen) atoms. The maximum absolute atomic E-state index is 14.1. The van der Waals surface area contributed by atoms with Crippen molar-refractivity contribution in [1.29, 1.82) is 0 Å². The first kappa shape index (κ1) is 23.0. The van der Waals surface area contributed by atoms with E-state index in [0.717, 1.165) is 17.2 Å². The normalized spacial score (nSPS) is 25.3. The number of carbonyl (C=O) groups excluding carboxylic acids is 1. The fourth-order valence-corrected chi connectivity index (χ4v) is 2.24. The Hall–Kier alpha value is -2.04. The van der Waals surface area contributed by atoms with E-state index in [-0.39, 0.29) is 12.5 Å². The first-order valence-electron chi connectivity index (χ1n) is 8.98. The molecule has 1 unspecified atom stereocenters. The third-order valence-corrected chi connectivity index (χ3v) is 4.07. The SMILES string of the molecule is CC.CCC(C)COC(=O)Nc1nc(=O)n([C@@H]2O[C@H](C)[C@@H](O)[C@H]2O)cc1F. The Kier molecular flexibility index (Phi) is 8.80. The van der Waals surface area contributed by atoms with Crippen molar-refractivity contribution in [3.63, 3.8) is 0 Å². The van der Waals surface area contributed by atoms with Crippen molar-refractivity contribution in [1.82, 2.24) is 9.55 Å². The van der Waals surface area contributed by atoms with Crippen molar-refractivity contribution >= 4 is 11.9 Å². The van der Waals surface area contributed by atoms with Crippen molar-refractivity contribution in [3.8, 4) is 0 Å². The van der Waals surface area contributed by atoms with E-state index in [0.29, 0.717) is 0 Å². The van der Waals surface area contributed by atoms with E-state index in [9.17, 15) is 24.2 Å². The minimum atomic E-state index is -1.41. The van der Waals surface area contributed by atoms with Gasteiger partial charge in [-0.3, -0.25) is 9.88 Å². The third kappa shape index (κ3) is 5.72. The zero-order valence-corrected chi connectivity index (χ0v) is 16.2. The first-order chi connectivity index (χ1) is 12.7. The number of nitrogens with zero attached hydrogens (tertiary/aromatic N) is 2. The van der Waals surface area contributed by atoms with Gasteiger partial charge in [-0.2, -0.15) is 4.98 Å². The number of anilines is 1. The summed E-state index contributed by atoms with van der Waals surface area (Å²) in [5.74, 6) is -1.45. The molecule has 1 amide bonds. The Labute approximate surface area is 157 Å². The second-order valence-electron chi connectivity index (χ2n) is 6.08. The molecule has 1 aromatic rings. The molecule has 1 aliphatic heterocycles. The van der Waals surface area contributed by atoms with Gasteiger partial charge in [0.2, 0.25) is 0 Å². The number of nitrogens with one attached hydrogen (secondary N) is 1. The lowest BCUT2D eigenvalue weighted by Crippen LogP contribution is -2.36. The number of hydrogen-bond donors (Lipinski definition) is 3. The molecule has 1 fully saturated rings. The van der Waals surface area contributed by atoms with Crippen LogP contribution in [0.2, 0.25) is 0 Å². The summed E-state index contributed by atoms with van der Waals surface area (Å²) in [7, 11) is 0. The maximum atomic E-state index is 14.1. The fraction of sp³-hybridized carbons (Fsp3) is 0.706. The van der Waals surface area contributed by atoms with E-state index in [2.05, 4.69) is 10.3 Å². The Morgan fingerprint density at radius 1 is 1.44 bits per heavy atom. The van der Waals surface area contributed by atoms with Gasteiger partial charge >= 0.3 is 11.8 Å². The van der Waals surface area contributed by atoms with Gasteiger partial charge in [0.1, 0.15) is 12.2 Å². The van der Waals surface area contributed by atoms with Gasteiger partial charge in [0, 0.05) is 0 Å². The summed E-state index contributed by atoms with van der Waals surface area (Å²) in [4.78, 5) is 27.1. The van der Waals surface area contributed by atoms with Crippen LogP contribution in [0.3, 0.4) is 0 Å². The summed E-state index contributed by atoms with van der Waals surface area (Å²) in [5.41, 5.74) is -0.955. The molecule has 0 radical (unpaired) electrons. The zero-order valence-electron chi connectivity index (χ0n) is 16.2. The van der Waals surface area contributed by atoms with Gasteiger partial charge < -0.3 is 19.7 Å². The average molecular weight is 389 g/mol. The summed E-state index contributed by atoms with van der Waals surface area (Å²) in [6.45, 7) is 9.48. The number of aromatic nitrogens is 2. The van der Waals surface area contributed by atoms with E-state index in [1.807, 2.05) is 27.7 Å². The van der Waals surface area contributed by atoms with Gasteiger partial charge in [-0.25, -0.2) is 14.0 Å². The summed E-state index contributed by atoms with van der Waals surface area (Å²) in [6, 6.07) is 0. The predicted octanol–water partition coefficient (Wildman–Crippen LogP) is 1.64. The standard InChI is InChI=1S/C15H22FN3O6.C2H6/c1-4-7(2)6-24-15(23)18-12-9(16)5-19(14(22)17-12)13-11(21)10(20)8(3)25-13;1-2/h5,7-8,10-11,13,20-21H,4,6H2,1-3H3,(H,17,18,22,23);1-2H3/t7?,8-,10-,11-,13-;/m1./s1. The zero-order chi connectivity index (χ0) is 20.7.